The Morgan fingerprint density at radius 2 is 1.58 bits per heavy atom. The zero-order valence-electron chi connectivity index (χ0n) is 15.1. The monoisotopic (exact) mass is 364 g/mol. The van der Waals surface area contributed by atoms with Crippen molar-refractivity contribution in [2.45, 2.75) is 26.9 Å². The Morgan fingerprint density at radius 3 is 2.35 bits per heavy atom. The third kappa shape index (κ3) is 2.55. The highest BCUT2D eigenvalue weighted by molar-refractivity contribution is 7.67. The van der Waals surface area contributed by atoms with Crippen LogP contribution in [0.25, 0.3) is 11.1 Å². The predicted octanol–water partition coefficient (Wildman–Crippen LogP) is 5.48. The van der Waals surface area contributed by atoms with Crippen molar-refractivity contribution in [2.24, 2.45) is 0 Å². The number of aryl methyl sites for hydroxylation is 2. The van der Waals surface area contributed by atoms with Crippen LogP contribution in [0.4, 0.5) is 0 Å². The molecule has 0 saturated carbocycles. The molecule has 0 spiro atoms. The molecular weight excluding hydrogens is 343 g/mol. The fraction of sp³-hybridized carbons (Fsp3) is 0.182. The fourth-order valence-electron chi connectivity index (χ4n) is 3.76. The number of hydrogen-bond donors (Lipinski definition) is 1. The largest absolute Gasteiger partial charge is 0.507 e. The van der Waals surface area contributed by atoms with E-state index in [9.17, 15) is 9.67 Å². The molecule has 0 amide bonds. The minimum Gasteiger partial charge on any atom is -0.507 e. The smallest absolute Gasteiger partial charge is 0.282 e. The lowest BCUT2D eigenvalue weighted by Gasteiger charge is -2.29. The van der Waals surface area contributed by atoms with Crippen LogP contribution >= 0.6 is 7.37 Å². The van der Waals surface area contributed by atoms with Crippen LogP contribution in [-0.2, 0) is 10.7 Å². The van der Waals surface area contributed by atoms with Crippen LogP contribution in [0.3, 0.4) is 0 Å². The number of aromatic hydroxyl groups is 1. The highest BCUT2D eigenvalue weighted by Crippen LogP contribution is 2.57. The van der Waals surface area contributed by atoms with Gasteiger partial charge >= 0.3 is 0 Å². The zero-order chi connectivity index (χ0) is 18.5. The summed E-state index contributed by atoms with van der Waals surface area (Å²) in [7, 11) is -3.16. The second-order valence-electron chi connectivity index (χ2n) is 6.90. The average molecular weight is 364 g/mol. The lowest BCUT2D eigenvalue weighted by atomic mass is 10.00. The summed E-state index contributed by atoms with van der Waals surface area (Å²) in [4.78, 5) is 0. The van der Waals surface area contributed by atoms with Gasteiger partial charge in [0.25, 0.3) is 7.37 Å². The molecule has 0 bridgehead atoms. The van der Waals surface area contributed by atoms with Crippen LogP contribution in [0.1, 0.15) is 22.3 Å². The number of phenols is 1. The Kier molecular flexibility index (Phi) is 3.93. The van der Waals surface area contributed by atoms with Gasteiger partial charge in [0.1, 0.15) is 11.5 Å². The molecule has 1 aliphatic heterocycles. The van der Waals surface area contributed by atoms with Crippen molar-refractivity contribution in [3.8, 4) is 22.6 Å². The first-order valence-electron chi connectivity index (χ1n) is 8.67. The average Bonchev–Trinajstić information content (AvgIpc) is 2.64. The molecule has 1 heterocycles. The minimum atomic E-state index is -3.16. The van der Waals surface area contributed by atoms with Crippen LogP contribution in [-0.4, -0.2) is 5.11 Å². The maximum Gasteiger partial charge on any atom is 0.282 e. The van der Waals surface area contributed by atoms with Crippen molar-refractivity contribution in [3.63, 3.8) is 0 Å². The summed E-state index contributed by atoms with van der Waals surface area (Å²) in [5, 5.41) is 11.1. The first-order valence-corrected chi connectivity index (χ1v) is 10.5. The molecule has 1 unspecified atom stereocenters. The Bertz CT molecular complexity index is 1070. The molecule has 4 rings (SSSR count). The number of rotatable bonds is 2. The third-order valence-corrected chi connectivity index (χ3v) is 7.50. The quantitative estimate of drug-likeness (QED) is 0.613. The first-order chi connectivity index (χ1) is 12.4. The van der Waals surface area contributed by atoms with Gasteiger partial charge in [-0.15, -0.1) is 0 Å². The van der Waals surface area contributed by atoms with Crippen LogP contribution in [0.2, 0.25) is 0 Å². The molecule has 4 heteroatoms. The number of fused-ring (bicyclic) bond motifs is 3. The van der Waals surface area contributed by atoms with E-state index in [0.717, 1.165) is 38.7 Å². The molecule has 0 saturated heterocycles. The fourth-order valence-corrected chi connectivity index (χ4v) is 6.35. The molecule has 1 N–H and O–H groups in total. The van der Waals surface area contributed by atoms with Gasteiger partial charge in [0.2, 0.25) is 0 Å². The van der Waals surface area contributed by atoms with E-state index in [1.807, 2.05) is 75.4 Å². The Hall–Kier alpha value is -2.51. The third-order valence-electron chi connectivity index (χ3n) is 5.15. The highest BCUT2D eigenvalue weighted by Gasteiger charge is 2.36. The van der Waals surface area contributed by atoms with Crippen LogP contribution < -0.4 is 9.83 Å². The first kappa shape index (κ1) is 16.9. The minimum absolute atomic E-state index is 0.267. The molecule has 0 fully saturated rings. The van der Waals surface area contributed by atoms with E-state index < -0.39 is 7.37 Å². The van der Waals surface area contributed by atoms with Crippen molar-refractivity contribution in [1.29, 1.82) is 0 Å². The van der Waals surface area contributed by atoms with Crippen LogP contribution in [0.5, 0.6) is 11.5 Å². The van der Waals surface area contributed by atoms with Crippen molar-refractivity contribution in [1.82, 2.24) is 0 Å². The molecule has 3 aromatic carbocycles. The van der Waals surface area contributed by atoms with Crippen LogP contribution in [0.15, 0.2) is 54.6 Å². The molecule has 3 aromatic rings. The molecule has 26 heavy (non-hydrogen) atoms. The normalized spacial score (nSPS) is 18.0. The summed E-state index contributed by atoms with van der Waals surface area (Å²) in [6.07, 6.45) is 0.268. The Balaban J connectivity index is 1.89. The van der Waals surface area contributed by atoms with Crippen molar-refractivity contribution in [2.75, 3.05) is 0 Å². The molecule has 0 aromatic heterocycles. The number of phenolic OH excluding ortho intramolecular Hbond substituents is 1. The standard InChI is InChI=1S/C22H21O3P/c1-14-12-15(2)22(23)16(3)19(14)13-26(24)21-11-7-5-9-18(21)17-8-4-6-10-20(17)25-26/h4-12,23H,13H2,1-3H3. The van der Waals surface area contributed by atoms with Crippen LogP contribution in [0, 0.1) is 20.8 Å². The van der Waals surface area contributed by atoms with Gasteiger partial charge in [-0.25, -0.2) is 0 Å². The van der Waals surface area contributed by atoms with Gasteiger partial charge in [0.15, 0.2) is 0 Å². The topological polar surface area (TPSA) is 46.5 Å². The van der Waals surface area contributed by atoms with Gasteiger partial charge in [-0.05, 0) is 60.7 Å². The summed E-state index contributed by atoms with van der Waals surface area (Å²) in [6.45, 7) is 5.75. The van der Waals surface area contributed by atoms with E-state index in [2.05, 4.69) is 0 Å². The maximum absolute atomic E-state index is 14.0. The summed E-state index contributed by atoms with van der Waals surface area (Å²) in [5.74, 6) is 0.920. The van der Waals surface area contributed by atoms with Crippen molar-refractivity contribution in [3.05, 3.63) is 76.9 Å². The maximum atomic E-state index is 14.0. The van der Waals surface area contributed by atoms with Crippen molar-refractivity contribution < 1.29 is 14.2 Å². The van der Waals surface area contributed by atoms with E-state index in [1.54, 1.807) is 0 Å². The lowest BCUT2D eigenvalue weighted by molar-refractivity contribution is 0.465. The highest BCUT2D eigenvalue weighted by atomic mass is 31.2. The SMILES string of the molecule is Cc1cc(C)c(CP2(=O)Oc3ccccc3-c3ccccc32)c(C)c1O. The van der Waals surface area contributed by atoms with E-state index in [1.165, 1.54) is 0 Å². The molecule has 1 aliphatic rings. The summed E-state index contributed by atoms with van der Waals surface area (Å²) < 4.78 is 20.1. The van der Waals surface area contributed by atoms with Gasteiger partial charge in [-0.3, -0.25) is 4.57 Å². The second-order valence-corrected chi connectivity index (χ2v) is 9.23. The Labute approximate surface area is 153 Å². The van der Waals surface area contributed by atoms with E-state index in [0.29, 0.717) is 5.75 Å². The van der Waals surface area contributed by atoms with Gasteiger partial charge in [0, 0.05) is 5.56 Å². The van der Waals surface area contributed by atoms with Crippen molar-refractivity contribution >= 4 is 12.7 Å². The molecule has 132 valence electrons. The van der Waals surface area contributed by atoms with E-state index in [-0.39, 0.29) is 11.9 Å². The molecule has 0 radical (unpaired) electrons. The van der Waals surface area contributed by atoms with E-state index >= 15 is 0 Å². The van der Waals surface area contributed by atoms with Gasteiger partial charge in [0.05, 0.1) is 11.5 Å². The summed E-state index contributed by atoms with van der Waals surface area (Å²) >= 11 is 0. The predicted molar refractivity (Wildman–Crippen MR) is 106 cm³/mol. The summed E-state index contributed by atoms with van der Waals surface area (Å²) in [6, 6.07) is 17.4. The molecule has 0 aliphatic carbocycles. The second kappa shape index (κ2) is 6.03. The molecular formula is C22H21O3P. The number of benzene rings is 3. The lowest BCUT2D eigenvalue weighted by Crippen LogP contribution is -2.19. The Morgan fingerprint density at radius 1 is 0.923 bits per heavy atom. The summed E-state index contributed by atoms with van der Waals surface area (Å²) in [5.41, 5.74) is 5.45. The zero-order valence-corrected chi connectivity index (χ0v) is 16.0. The molecule has 1 atom stereocenters. The molecule has 3 nitrogen and oxygen atoms in total. The van der Waals surface area contributed by atoms with Gasteiger partial charge < -0.3 is 9.63 Å². The van der Waals surface area contributed by atoms with Gasteiger partial charge in [-0.1, -0.05) is 42.5 Å². The van der Waals surface area contributed by atoms with Gasteiger partial charge in [-0.2, -0.15) is 0 Å². The number of para-hydroxylation sites is 1. The number of hydrogen-bond acceptors (Lipinski definition) is 3. The van der Waals surface area contributed by atoms with E-state index in [4.69, 9.17) is 4.52 Å².